The number of amides is 3. The van der Waals surface area contributed by atoms with E-state index in [1.807, 2.05) is 43.3 Å². The van der Waals surface area contributed by atoms with E-state index in [2.05, 4.69) is 16.0 Å². The van der Waals surface area contributed by atoms with E-state index in [1.165, 1.54) is 11.8 Å². The fraction of sp³-hybridized carbons (Fsp3) is 0.0750. The van der Waals surface area contributed by atoms with Gasteiger partial charge in [-0.2, -0.15) is 0 Å². The van der Waals surface area contributed by atoms with Crippen molar-refractivity contribution < 1.29 is 24.0 Å². The predicted octanol–water partition coefficient (Wildman–Crippen LogP) is 6.67. The Hall–Kier alpha value is -6.26. The summed E-state index contributed by atoms with van der Waals surface area (Å²) in [6, 6.07) is 34.6. The summed E-state index contributed by atoms with van der Waals surface area (Å²) in [6.07, 6.45) is 1.61. The molecule has 0 radical (unpaired) electrons. The highest BCUT2D eigenvalue weighted by Crippen LogP contribution is 2.32. The molecule has 0 spiro atoms. The standard InChI is InChI=1S/C40H32N4O5S/c1-44(2)28-20-18-25(19-21-28)22-34(43-39(48)26-10-4-3-5-11-26)40(49)41-27-12-8-13-29(23-27)50-24-35(45)42-33-17-9-16-32-36(33)38(47)31-15-7-6-14-30(31)37(32)46/h3-23H,24H2,1-2H3,(H,41,49)(H,42,45)(H,43,48)/b34-22+. The minimum atomic E-state index is -0.527. The van der Waals surface area contributed by atoms with Crippen molar-refractivity contribution in [2.45, 2.75) is 4.90 Å². The first-order valence-electron chi connectivity index (χ1n) is 15.7. The number of nitrogens with zero attached hydrogens (tertiary/aromatic N) is 1. The Kier molecular flexibility index (Phi) is 10.0. The second-order valence-corrected chi connectivity index (χ2v) is 12.7. The number of anilines is 3. The summed E-state index contributed by atoms with van der Waals surface area (Å²) >= 11 is 1.24. The predicted molar refractivity (Wildman–Crippen MR) is 197 cm³/mol. The minimum Gasteiger partial charge on any atom is -0.378 e. The molecule has 0 saturated carbocycles. The molecule has 1 aliphatic rings. The van der Waals surface area contributed by atoms with Gasteiger partial charge in [-0.25, -0.2) is 0 Å². The van der Waals surface area contributed by atoms with Crippen molar-refractivity contribution in [2.75, 3.05) is 35.4 Å². The highest BCUT2D eigenvalue weighted by Gasteiger charge is 2.31. The van der Waals surface area contributed by atoms with Gasteiger partial charge in [-0.15, -0.1) is 11.8 Å². The van der Waals surface area contributed by atoms with Gasteiger partial charge in [0.05, 0.1) is 17.0 Å². The Morgan fingerprint density at radius 2 is 1.36 bits per heavy atom. The average molecular weight is 681 g/mol. The third-order valence-corrected chi connectivity index (χ3v) is 8.93. The molecule has 0 saturated heterocycles. The molecular weight excluding hydrogens is 649 g/mol. The van der Waals surface area contributed by atoms with Gasteiger partial charge in [0.2, 0.25) is 5.91 Å². The smallest absolute Gasteiger partial charge is 0.272 e. The molecule has 0 atom stereocenters. The summed E-state index contributed by atoms with van der Waals surface area (Å²) in [5, 5.41) is 8.40. The molecule has 6 rings (SSSR count). The van der Waals surface area contributed by atoms with E-state index in [1.54, 1.807) is 103 Å². The van der Waals surface area contributed by atoms with Crippen molar-refractivity contribution >= 4 is 64.2 Å². The molecule has 0 heterocycles. The molecule has 248 valence electrons. The van der Waals surface area contributed by atoms with Crippen LogP contribution in [-0.4, -0.2) is 49.1 Å². The fourth-order valence-corrected chi connectivity index (χ4v) is 6.18. The van der Waals surface area contributed by atoms with E-state index in [0.717, 1.165) is 11.3 Å². The highest BCUT2D eigenvalue weighted by molar-refractivity contribution is 8.00. The maximum Gasteiger partial charge on any atom is 0.272 e. The number of nitrogens with one attached hydrogen (secondary N) is 3. The summed E-state index contributed by atoms with van der Waals surface area (Å²) in [5.41, 5.74) is 3.98. The van der Waals surface area contributed by atoms with Gasteiger partial charge in [0.1, 0.15) is 5.70 Å². The third-order valence-electron chi connectivity index (χ3n) is 7.94. The largest absolute Gasteiger partial charge is 0.378 e. The summed E-state index contributed by atoms with van der Waals surface area (Å²) in [7, 11) is 3.87. The third kappa shape index (κ3) is 7.56. The molecule has 3 N–H and O–H groups in total. The van der Waals surface area contributed by atoms with Crippen molar-refractivity contribution in [3.05, 3.63) is 160 Å². The Bertz CT molecular complexity index is 2160. The number of benzene rings is 5. The first kappa shape index (κ1) is 33.6. The highest BCUT2D eigenvalue weighted by atomic mass is 32.2. The van der Waals surface area contributed by atoms with Gasteiger partial charge in [-0.05, 0) is 60.2 Å². The minimum absolute atomic E-state index is 0.00101. The van der Waals surface area contributed by atoms with Crippen molar-refractivity contribution in [1.82, 2.24) is 5.32 Å². The van der Waals surface area contributed by atoms with Gasteiger partial charge < -0.3 is 20.9 Å². The lowest BCUT2D eigenvalue weighted by atomic mass is 9.83. The Morgan fingerprint density at radius 3 is 2.08 bits per heavy atom. The Morgan fingerprint density at radius 1 is 0.700 bits per heavy atom. The van der Waals surface area contributed by atoms with Gasteiger partial charge >= 0.3 is 0 Å². The van der Waals surface area contributed by atoms with E-state index in [0.29, 0.717) is 27.3 Å². The van der Waals surface area contributed by atoms with Crippen LogP contribution >= 0.6 is 11.8 Å². The zero-order chi connectivity index (χ0) is 35.2. The van der Waals surface area contributed by atoms with Gasteiger partial charge in [0, 0.05) is 52.6 Å². The van der Waals surface area contributed by atoms with Gasteiger partial charge in [0.25, 0.3) is 11.8 Å². The second-order valence-electron chi connectivity index (χ2n) is 11.6. The topological polar surface area (TPSA) is 125 Å². The molecule has 1 aliphatic carbocycles. The summed E-state index contributed by atoms with van der Waals surface area (Å²) < 4.78 is 0. The van der Waals surface area contributed by atoms with Crippen LogP contribution in [0.25, 0.3) is 6.08 Å². The molecule has 0 aromatic heterocycles. The maximum absolute atomic E-state index is 13.6. The quantitative estimate of drug-likeness (QED) is 0.109. The van der Waals surface area contributed by atoms with Crippen LogP contribution in [0.15, 0.2) is 132 Å². The molecule has 5 aromatic rings. The Labute approximate surface area is 293 Å². The molecule has 3 amide bonds. The second kappa shape index (κ2) is 14.9. The first-order chi connectivity index (χ1) is 24.2. The molecular formula is C40H32N4O5S. The van der Waals surface area contributed by atoms with Crippen molar-refractivity contribution in [3.8, 4) is 0 Å². The normalized spacial score (nSPS) is 12.0. The van der Waals surface area contributed by atoms with Crippen LogP contribution in [0.4, 0.5) is 17.1 Å². The van der Waals surface area contributed by atoms with Gasteiger partial charge in [0.15, 0.2) is 11.6 Å². The van der Waals surface area contributed by atoms with Gasteiger partial charge in [-0.1, -0.05) is 72.8 Å². The summed E-state index contributed by atoms with van der Waals surface area (Å²) in [6.45, 7) is 0. The molecule has 50 heavy (non-hydrogen) atoms. The number of rotatable bonds is 10. The number of fused-ring (bicyclic) bond motifs is 2. The molecule has 9 nitrogen and oxygen atoms in total. The van der Waals surface area contributed by atoms with Crippen LogP contribution in [0.5, 0.6) is 0 Å². The molecule has 10 heteroatoms. The summed E-state index contributed by atoms with van der Waals surface area (Å²) in [4.78, 5) is 68.7. The van der Waals surface area contributed by atoms with E-state index in [-0.39, 0.29) is 45.7 Å². The number of carbonyl (C=O) groups excluding carboxylic acids is 5. The van der Waals surface area contributed by atoms with E-state index >= 15 is 0 Å². The fourth-order valence-electron chi connectivity index (χ4n) is 5.42. The molecule has 0 unspecified atom stereocenters. The lowest BCUT2D eigenvalue weighted by Crippen LogP contribution is -2.30. The van der Waals surface area contributed by atoms with E-state index in [9.17, 15) is 24.0 Å². The zero-order valence-corrected chi connectivity index (χ0v) is 28.0. The van der Waals surface area contributed by atoms with E-state index in [4.69, 9.17) is 0 Å². The lowest BCUT2D eigenvalue weighted by Gasteiger charge is -2.20. The number of thioether (sulfide) groups is 1. The average Bonchev–Trinajstić information content (AvgIpc) is 3.13. The maximum atomic E-state index is 13.6. The monoisotopic (exact) mass is 680 g/mol. The van der Waals surface area contributed by atoms with Crippen molar-refractivity contribution in [1.29, 1.82) is 0 Å². The lowest BCUT2D eigenvalue weighted by molar-refractivity contribution is -0.114. The number of hydrogen-bond donors (Lipinski definition) is 3. The summed E-state index contributed by atoms with van der Waals surface area (Å²) in [5.74, 6) is -1.91. The van der Waals surface area contributed by atoms with Crippen LogP contribution < -0.4 is 20.9 Å². The number of carbonyl (C=O) groups is 5. The number of hydrogen-bond acceptors (Lipinski definition) is 7. The van der Waals surface area contributed by atoms with Crippen molar-refractivity contribution in [3.63, 3.8) is 0 Å². The van der Waals surface area contributed by atoms with Crippen LogP contribution in [0, 0.1) is 0 Å². The van der Waals surface area contributed by atoms with Crippen LogP contribution in [0.2, 0.25) is 0 Å². The van der Waals surface area contributed by atoms with Gasteiger partial charge in [-0.3, -0.25) is 24.0 Å². The van der Waals surface area contributed by atoms with Crippen molar-refractivity contribution in [2.24, 2.45) is 0 Å². The van der Waals surface area contributed by atoms with Crippen LogP contribution in [-0.2, 0) is 9.59 Å². The molecule has 5 aromatic carbocycles. The first-order valence-corrected chi connectivity index (χ1v) is 16.7. The molecule has 0 bridgehead atoms. The number of ketones is 2. The van der Waals surface area contributed by atoms with Crippen LogP contribution in [0.3, 0.4) is 0 Å². The zero-order valence-electron chi connectivity index (χ0n) is 27.2. The van der Waals surface area contributed by atoms with Crippen LogP contribution in [0.1, 0.15) is 47.8 Å². The molecule has 0 aliphatic heterocycles. The Balaban J connectivity index is 1.14. The van der Waals surface area contributed by atoms with E-state index < -0.39 is 11.8 Å². The SMILES string of the molecule is CN(C)c1ccc(/C=C(/NC(=O)c2ccccc2)C(=O)Nc2cccc(SCC(=O)Nc3cccc4c3C(=O)c3ccccc3C4=O)c2)cc1. The molecule has 0 fully saturated rings.